The zero-order valence-corrected chi connectivity index (χ0v) is 16.6. The zero-order chi connectivity index (χ0) is 14.3. The Morgan fingerprint density at radius 3 is 2.05 bits per heavy atom. The van der Waals surface area contributed by atoms with Gasteiger partial charge >= 0.3 is 41.3 Å². The summed E-state index contributed by atoms with van der Waals surface area (Å²) in [4.78, 5) is 0. The number of hydrogen-bond donors (Lipinski definition) is 0. The minimum atomic E-state index is 0. The summed E-state index contributed by atoms with van der Waals surface area (Å²) >= 11 is 1.55. The Hall–Kier alpha value is -0.497. The molecule has 0 bridgehead atoms. The van der Waals surface area contributed by atoms with Gasteiger partial charge in [-0.05, 0) is 6.07 Å². The number of hydrogen-bond acceptors (Lipinski definition) is 2. The van der Waals surface area contributed by atoms with Gasteiger partial charge in [-0.3, -0.25) is 0 Å². The average Bonchev–Trinajstić information content (AvgIpc) is 2.90. The molecule has 0 N–H and O–H groups in total. The van der Waals surface area contributed by atoms with Crippen LogP contribution < -0.4 is 34.3 Å². The van der Waals surface area contributed by atoms with Gasteiger partial charge in [0.05, 0.1) is 14.2 Å². The molecule has 0 aliphatic carbocycles. The monoisotopic (exact) mass is 403 g/mol. The van der Waals surface area contributed by atoms with E-state index in [2.05, 4.69) is 26.0 Å². The second kappa shape index (κ2) is 12.1. The van der Waals surface area contributed by atoms with Crippen molar-refractivity contribution in [3.05, 3.63) is 42.5 Å². The summed E-state index contributed by atoms with van der Waals surface area (Å²) in [6.07, 6.45) is 0. The van der Waals surface area contributed by atoms with E-state index in [-0.39, 0.29) is 24.8 Å². The number of para-hydroxylation sites is 1. The zero-order valence-electron chi connectivity index (χ0n) is 12.6. The van der Waals surface area contributed by atoms with E-state index in [1.165, 1.54) is 3.21 Å². The van der Waals surface area contributed by atoms with Crippen LogP contribution in [0, 0.1) is 0 Å². The SMILES string of the molecule is COc1cccc(-c2ccc[cH-]2)c1OC.C[C](C)=[Zr+2].[Cl-].[Cl-]. The smallest absolute Gasteiger partial charge is 1.00 e. The van der Waals surface area contributed by atoms with E-state index in [1.54, 1.807) is 38.5 Å². The van der Waals surface area contributed by atoms with Crippen molar-refractivity contribution >= 4 is 3.21 Å². The fourth-order valence-electron chi connectivity index (χ4n) is 1.67. The quantitative estimate of drug-likeness (QED) is 0.542. The standard InChI is InChI=1S/C13H13O2.C3H6.2ClH.Zr/c1-14-12-9-5-8-11(13(12)15-2)10-6-3-4-7-10;1-3-2;;;/h3-9H,1-2H3;1-2H3;2*1H;/q-1;;;;+2/p-2. The van der Waals surface area contributed by atoms with Crippen LogP contribution in [0.1, 0.15) is 13.8 Å². The Kier molecular flexibility index (Phi) is 13.1. The molecular weight excluding hydrogens is 386 g/mol. The van der Waals surface area contributed by atoms with Crippen molar-refractivity contribution in [2.75, 3.05) is 14.2 Å². The first-order valence-corrected chi connectivity index (χ1v) is 7.28. The van der Waals surface area contributed by atoms with Crippen molar-refractivity contribution in [3.8, 4) is 22.6 Å². The van der Waals surface area contributed by atoms with Gasteiger partial charge in [-0.1, -0.05) is 17.7 Å². The molecule has 0 atom stereocenters. The van der Waals surface area contributed by atoms with Crippen molar-refractivity contribution < 1.29 is 58.5 Å². The second-order valence-electron chi connectivity index (χ2n) is 4.21. The Balaban J connectivity index is 0. The third-order valence-corrected chi connectivity index (χ3v) is 2.38. The van der Waals surface area contributed by atoms with Gasteiger partial charge in [-0.25, -0.2) is 0 Å². The molecule has 0 aliphatic rings. The topological polar surface area (TPSA) is 18.5 Å². The van der Waals surface area contributed by atoms with Gasteiger partial charge in [0.15, 0.2) is 5.75 Å². The fraction of sp³-hybridized carbons (Fsp3) is 0.250. The Morgan fingerprint density at radius 2 is 1.62 bits per heavy atom. The molecule has 0 amide bonds. The van der Waals surface area contributed by atoms with Gasteiger partial charge in [0.25, 0.3) is 0 Å². The molecule has 0 aromatic heterocycles. The first kappa shape index (κ1) is 22.8. The van der Waals surface area contributed by atoms with E-state index in [4.69, 9.17) is 9.47 Å². The Labute approximate surface area is 154 Å². The summed E-state index contributed by atoms with van der Waals surface area (Å²) in [5, 5.41) is 0. The maximum absolute atomic E-state index is 5.37. The minimum absolute atomic E-state index is 0. The number of halogens is 2. The van der Waals surface area contributed by atoms with E-state index in [0.29, 0.717) is 0 Å². The molecule has 2 aromatic carbocycles. The number of rotatable bonds is 3. The number of methoxy groups -OCH3 is 2. The van der Waals surface area contributed by atoms with Gasteiger partial charge in [0.2, 0.25) is 0 Å². The summed E-state index contributed by atoms with van der Waals surface area (Å²) in [7, 11) is 3.30. The molecule has 0 saturated heterocycles. The molecule has 0 unspecified atom stereocenters. The molecule has 0 fully saturated rings. The van der Waals surface area contributed by atoms with Crippen LogP contribution in [-0.2, 0) is 24.2 Å². The van der Waals surface area contributed by atoms with Gasteiger partial charge in [0, 0.05) is 0 Å². The molecule has 0 spiro atoms. The van der Waals surface area contributed by atoms with Crippen LogP contribution in [0.4, 0.5) is 0 Å². The number of ether oxygens (including phenoxy) is 2. The van der Waals surface area contributed by atoms with Crippen molar-refractivity contribution in [3.63, 3.8) is 0 Å². The molecule has 2 rings (SSSR count). The van der Waals surface area contributed by atoms with Crippen LogP contribution in [0.25, 0.3) is 11.1 Å². The van der Waals surface area contributed by atoms with Crippen molar-refractivity contribution in [2.24, 2.45) is 0 Å². The number of benzene rings is 1. The normalized spacial score (nSPS) is 8.48. The molecule has 2 nitrogen and oxygen atoms in total. The first-order valence-electron chi connectivity index (χ1n) is 6.05. The molecule has 114 valence electrons. The van der Waals surface area contributed by atoms with Gasteiger partial charge < -0.3 is 34.3 Å². The molecule has 0 heterocycles. The van der Waals surface area contributed by atoms with Crippen molar-refractivity contribution in [1.29, 1.82) is 0 Å². The summed E-state index contributed by atoms with van der Waals surface area (Å²) < 4.78 is 12.1. The largest absolute Gasteiger partial charge is 1.00 e. The molecule has 0 radical (unpaired) electrons. The Bertz CT molecular complexity index is 521. The first-order chi connectivity index (χ1) is 9.10. The fourth-order valence-corrected chi connectivity index (χ4v) is 1.67. The van der Waals surface area contributed by atoms with E-state index in [9.17, 15) is 0 Å². The van der Waals surface area contributed by atoms with Crippen LogP contribution in [-0.4, -0.2) is 17.4 Å². The van der Waals surface area contributed by atoms with E-state index >= 15 is 0 Å². The van der Waals surface area contributed by atoms with Crippen molar-refractivity contribution in [2.45, 2.75) is 13.8 Å². The van der Waals surface area contributed by atoms with E-state index in [1.807, 2.05) is 30.3 Å². The summed E-state index contributed by atoms with van der Waals surface area (Å²) in [6, 6.07) is 14.0. The molecule has 0 saturated carbocycles. The second-order valence-corrected chi connectivity index (χ2v) is 6.67. The van der Waals surface area contributed by atoms with Gasteiger partial charge in [0.1, 0.15) is 5.75 Å². The third kappa shape index (κ3) is 7.35. The average molecular weight is 405 g/mol. The van der Waals surface area contributed by atoms with Gasteiger partial charge in [-0.15, -0.1) is 11.6 Å². The predicted octanol–water partition coefficient (Wildman–Crippen LogP) is -2.16. The molecule has 2 aromatic rings. The Morgan fingerprint density at radius 1 is 1.00 bits per heavy atom. The van der Waals surface area contributed by atoms with Crippen LogP contribution in [0.2, 0.25) is 0 Å². The molecule has 21 heavy (non-hydrogen) atoms. The maximum Gasteiger partial charge on any atom is -1.00 e. The summed E-state index contributed by atoms with van der Waals surface area (Å²) in [5.74, 6) is 1.54. The molecule has 5 heteroatoms. The molecule has 0 aliphatic heterocycles. The summed E-state index contributed by atoms with van der Waals surface area (Å²) in [5.41, 5.74) is 2.20. The van der Waals surface area contributed by atoms with Crippen LogP contribution in [0.3, 0.4) is 0 Å². The minimum Gasteiger partial charge on any atom is -1.00 e. The van der Waals surface area contributed by atoms with Gasteiger partial charge in [-0.2, -0.15) is 18.2 Å². The van der Waals surface area contributed by atoms with Crippen LogP contribution in [0.5, 0.6) is 11.5 Å². The van der Waals surface area contributed by atoms with Crippen LogP contribution >= 0.6 is 0 Å². The third-order valence-electron chi connectivity index (χ3n) is 2.38. The maximum atomic E-state index is 5.37. The van der Waals surface area contributed by atoms with E-state index in [0.717, 1.165) is 22.6 Å². The summed E-state index contributed by atoms with van der Waals surface area (Å²) in [6.45, 7) is 4.25. The molecular formula is C16H19Cl2O2Zr-. The van der Waals surface area contributed by atoms with Crippen LogP contribution in [0.15, 0.2) is 42.5 Å². The van der Waals surface area contributed by atoms with E-state index < -0.39 is 0 Å². The predicted molar refractivity (Wildman–Crippen MR) is 76.9 cm³/mol. The van der Waals surface area contributed by atoms with Crippen molar-refractivity contribution in [1.82, 2.24) is 0 Å².